The minimum atomic E-state index is -1.05. The van der Waals surface area contributed by atoms with Gasteiger partial charge < -0.3 is 20.1 Å². The van der Waals surface area contributed by atoms with Crippen LogP contribution in [0.1, 0.15) is 20.7 Å². The first-order valence-electron chi connectivity index (χ1n) is 7.90. The van der Waals surface area contributed by atoms with Crippen molar-refractivity contribution in [1.82, 2.24) is 10.6 Å². The zero-order valence-corrected chi connectivity index (χ0v) is 13.6. The third kappa shape index (κ3) is 4.04. The van der Waals surface area contributed by atoms with Crippen LogP contribution in [-0.4, -0.2) is 37.5 Å². The molecule has 0 aliphatic carbocycles. The third-order valence-corrected chi connectivity index (χ3v) is 3.74. The molecule has 3 rings (SSSR count). The highest BCUT2D eigenvalue weighted by Gasteiger charge is 2.31. The van der Waals surface area contributed by atoms with E-state index in [9.17, 15) is 18.4 Å². The monoisotopic (exact) mass is 362 g/mol. The number of amides is 2. The summed E-state index contributed by atoms with van der Waals surface area (Å²) in [5.74, 6) is -2.81. The van der Waals surface area contributed by atoms with E-state index in [4.69, 9.17) is 9.47 Å². The van der Waals surface area contributed by atoms with Gasteiger partial charge in [-0.1, -0.05) is 24.3 Å². The quantitative estimate of drug-likeness (QED) is 0.870. The van der Waals surface area contributed by atoms with Crippen molar-refractivity contribution in [2.45, 2.75) is 12.5 Å². The third-order valence-electron chi connectivity index (χ3n) is 3.74. The number of benzene rings is 2. The van der Waals surface area contributed by atoms with Gasteiger partial charge in [-0.25, -0.2) is 8.78 Å². The zero-order chi connectivity index (χ0) is 18.5. The van der Waals surface area contributed by atoms with E-state index in [-0.39, 0.29) is 24.3 Å². The topological polar surface area (TPSA) is 76.7 Å². The molecule has 0 radical (unpaired) electrons. The predicted octanol–water partition coefficient (Wildman–Crippen LogP) is 1.82. The van der Waals surface area contributed by atoms with Crippen LogP contribution in [0.15, 0.2) is 48.5 Å². The Labute approximate surface area is 148 Å². The number of rotatable bonds is 4. The van der Waals surface area contributed by atoms with E-state index in [1.807, 2.05) is 0 Å². The van der Waals surface area contributed by atoms with Crippen LogP contribution in [0.5, 0.6) is 0 Å². The molecule has 1 heterocycles. The van der Waals surface area contributed by atoms with Crippen LogP contribution in [0.25, 0.3) is 0 Å². The molecule has 6 nitrogen and oxygen atoms in total. The standard InChI is InChI=1S/C18H16F2N2O4/c19-13-7-3-1-5-11(13)15(23)21-17-18(26-10-9-25-17)22-16(24)12-6-2-4-8-14(12)20/h1-8,17-18H,9-10H2,(H,21,23)(H,22,24). The first-order chi connectivity index (χ1) is 12.6. The van der Waals surface area contributed by atoms with Crippen molar-refractivity contribution < 1.29 is 27.8 Å². The molecular weight excluding hydrogens is 346 g/mol. The molecule has 2 amide bonds. The summed E-state index contributed by atoms with van der Waals surface area (Å²) >= 11 is 0. The van der Waals surface area contributed by atoms with E-state index in [1.165, 1.54) is 36.4 Å². The molecule has 2 unspecified atom stereocenters. The number of hydrogen-bond donors (Lipinski definition) is 2. The lowest BCUT2D eigenvalue weighted by Crippen LogP contribution is -2.57. The average Bonchev–Trinajstić information content (AvgIpc) is 2.64. The van der Waals surface area contributed by atoms with Gasteiger partial charge in [-0.05, 0) is 24.3 Å². The summed E-state index contributed by atoms with van der Waals surface area (Å²) in [5, 5.41) is 4.93. The second-order valence-corrected chi connectivity index (χ2v) is 5.49. The van der Waals surface area contributed by atoms with Gasteiger partial charge in [0.25, 0.3) is 11.8 Å². The fourth-order valence-electron chi connectivity index (χ4n) is 2.46. The lowest BCUT2D eigenvalue weighted by atomic mass is 10.2. The van der Waals surface area contributed by atoms with Gasteiger partial charge in [0, 0.05) is 0 Å². The highest BCUT2D eigenvalue weighted by atomic mass is 19.1. The van der Waals surface area contributed by atoms with Gasteiger partial charge >= 0.3 is 0 Å². The fourth-order valence-corrected chi connectivity index (χ4v) is 2.46. The fraction of sp³-hybridized carbons (Fsp3) is 0.222. The van der Waals surface area contributed by atoms with Crippen molar-refractivity contribution in [2.75, 3.05) is 13.2 Å². The van der Waals surface area contributed by atoms with E-state index in [0.29, 0.717) is 0 Å². The Hall–Kier alpha value is -2.84. The van der Waals surface area contributed by atoms with Gasteiger partial charge in [0.1, 0.15) is 11.6 Å². The molecule has 1 fully saturated rings. The first-order valence-corrected chi connectivity index (χ1v) is 7.90. The molecule has 136 valence electrons. The highest BCUT2D eigenvalue weighted by molar-refractivity contribution is 5.95. The Morgan fingerprint density at radius 3 is 1.54 bits per heavy atom. The lowest BCUT2D eigenvalue weighted by Gasteiger charge is -2.32. The van der Waals surface area contributed by atoms with E-state index in [2.05, 4.69) is 10.6 Å². The summed E-state index contributed by atoms with van der Waals surface area (Å²) in [6.45, 7) is 0.350. The van der Waals surface area contributed by atoms with Gasteiger partial charge in [0.2, 0.25) is 0 Å². The summed E-state index contributed by atoms with van der Waals surface area (Å²) in [6.07, 6.45) is -2.10. The predicted molar refractivity (Wildman–Crippen MR) is 87.2 cm³/mol. The van der Waals surface area contributed by atoms with Gasteiger partial charge in [0.05, 0.1) is 24.3 Å². The van der Waals surface area contributed by atoms with Gasteiger partial charge in [-0.2, -0.15) is 0 Å². The lowest BCUT2D eigenvalue weighted by molar-refractivity contribution is -0.154. The normalized spacial score (nSPS) is 19.6. The molecule has 1 saturated heterocycles. The van der Waals surface area contributed by atoms with Crippen LogP contribution >= 0.6 is 0 Å². The second-order valence-electron chi connectivity index (χ2n) is 5.49. The van der Waals surface area contributed by atoms with E-state index in [1.54, 1.807) is 0 Å². The summed E-state index contributed by atoms with van der Waals surface area (Å²) < 4.78 is 38.2. The summed E-state index contributed by atoms with van der Waals surface area (Å²) in [5.41, 5.74) is -0.332. The van der Waals surface area contributed by atoms with Crippen molar-refractivity contribution >= 4 is 11.8 Å². The maximum atomic E-state index is 13.7. The number of halogens is 2. The summed E-state index contributed by atoms with van der Waals surface area (Å²) in [6, 6.07) is 10.9. The number of hydrogen-bond acceptors (Lipinski definition) is 4. The number of carbonyl (C=O) groups is 2. The van der Waals surface area contributed by atoms with Crippen LogP contribution in [0.3, 0.4) is 0 Å². The molecule has 2 N–H and O–H groups in total. The van der Waals surface area contributed by atoms with E-state index in [0.717, 1.165) is 12.1 Å². The Balaban J connectivity index is 1.70. The van der Waals surface area contributed by atoms with Gasteiger partial charge in [-0.15, -0.1) is 0 Å². The van der Waals surface area contributed by atoms with E-state index >= 15 is 0 Å². The molecule has 1 aliphatic rings. The van der Waals surface area contributed by atoms with Crippen LogP contribution in [-0.2, 0) is 9.47 Å². The molecule has 26 heavy (non-hydrogen) atoms. The largest absolute Gasteiger partial charge is 0.351 e. The molecule has 0 saturated carbocycles. The maximum absolute atomic E-state index is 13.7. The van der Waals surface area contributed by atoms with Gasteiger partial charge in [0.15, 0.2) is 12.5 Å². The molecular formula is C18H16F2N2O4. The summed E-state index contributed by atoms with van der Waals surface area (Å²) in [7, 11) is 0. The number of carbonyl (C=O) groups excluding carboxylic acids is 2. The molecule has 0 aromatic heterocycles. The van der Waals surface area contributed by atoms with Crippen LogP contribution < -0.4 is 10.6 Å². The minimum Gasteiger partial charge on any atom is -0.351 e. The molecule has 2 aromatic carbocycles. The molecule has 2 aromatic rings. The zero-order valence-electron chi connectivity index (χ0n) is 13.6. The van der Waals surface area contributed by atoms with Crippen molar-refractivity contribution in [3.05, 3.63) is 71.3 Å². The Morgan fingerprint density at radius 2 is 1.15 bits per heavy atom. The molecule has 0 bridgehead atoms. The molecule has 1 aliphatic heterocycles. The van der Waals surface area contributed by atoms with Gasteiger partial charge in [-0.3, -0.25) is 9.59 Å². The number of ether oxygens (including phenoxy) is 2. The van der Waals surface area contributed by atoms with E-state index < -0.39 is 35.9 Å². The second kappa shape index (κ2) is 8.03. The van der Waals surface area contributed by atoms with Crippen LogP contribution in [0, 0.1) is 11.6 Å². The van der Waals surface area contributed by atoms with Crippen LogP contribution in [0.2, 0.25) is 0 Å². The molecule has 8 heteroatoms. The Morgan fingerprint density at radius 1 is 0.769 bits per heavy atom. The Bertz CT molecular complexity index is 748. The van der Waals surface area contributed by atoms with Crippen molar-refractivity contribution in [3.63, 3.8) is 0 Å². The Kier molecular flexibility index (Phi) is 5.55. The smallest absolute Gasteiger partial charge is 0.256 e. The van der Waals surface area contributed by atoms with Crippen molar-refractivity contribution in [1.29, 1.82) is 0 Å². The first kappa shape index (κ1) is 18.0. The van der Waals surface area contributed by atoms with Crippen molar-refractivity contribution in [3.8, 4) is 0 Å². The minimum absolute atomic E-state index is 0.166. The highest BCUT2D eigenvalue weighted by Crippen LogP contribution is 2.12. The van der Waals surface area contributed by atoms with Crippen LogP contribution in [0.4, 0.5) is 8.78 Å². The molecule has 0 spiro atoms. The maximum Gasteiger partial charge on any atom is 0.256 e. The number of nitrogens with one attached hydrogen (secondary N) is 2. The molecule has 2 atom stereocenters. The average molecular weight is 362 g/mol. The van der Waals surface area contributed by atoms with Crippen molar-refractivity contribution in [2.24, 2.45) is 0 Å². The summed E-state index contributed by atoms with van der Waals surface area (Å²) in [4.78, 5) is 24.5. The SMILES string of the molecule is O=C(NC1OCCOC1NC(=O)c1ccccc1F)c1ccccc1F.